The van der Waals surface area contributed by atoms with E-state index in [1.165, 1.54) is 25.3 Å². The summed E-state index contributed by atoms with van der Waals surface area (Å²) in [5.41, 5.74) is 3.68. The molecule has 0 aliphatic carbocycles. The van der Waals surface area contributed by atoms with Crippen molar-refractivity contribution in [3.63, 3.8) is 0 Å². The molecule has 0 amide bonds. The van der Waals surface area contributed by atoms with E-state index in [2.05, 4.69) is 41.5 Å². The number of methoxy groups -OCH3 is 2. The van der Waals surface area contributed by atoms with Gasteiger partial charge in [-0.3, -0.25) is 4.79 Å². The molecule has 0 radical (unpaired) electrons. The molecular weight excluding hydrogens is 336 g/mol. The van der Waals surface area contributed by atoms with E-state index in [4.69, 9.17) is 9.47 Å². The smallest absolute Gasteiger partial charge is 0.260 e. The third kappa shape index (κ3) is 4.31. The van der Waals surface area contributed by atoms with E-state index in [1.807, 2.05) is 48.5 Å². The molecule has 0 bridgehead atoms. The molecular formula is C24H32O3. The molecule has 0 atom stereocenters. The second-order valence-corrected chi connectivity index (χ2v) is 9.01. The fraction of sp³-hybridized carbons (Fsp3) is 0.458. The first-order valence-electron chi connectivity index (χ1n) is 9.32. The first kappa shape index (κ1) is 21.3. The summed E-state index contributed by atoms with van der Waals surface area (Å²) in [4.78, 5) is 13.3. The highest BCUT2D eigenvalue weighted by molar-refractivity contribution is 6.02. The van der Waals surface area contributed by atoms with E-state index < -0.39 is 5.79 Å². The van der Waals surface area contributed by atoms with Crippen LogP contribution in [0, 0.1) is 0 Å². The lowest BCUT2D eigenvalue weighted by Crippen LogP contribution is -2.40. The molecule has 0 aliphatic rings. The van der Waals surface area contributed by atoms with Crippen molar-refractivity contribution in [1.29, 1.82) is 0 Å². The number of carbonyl (C=O) groups excluding carboxylic acids is 1. The van der Waals surface area contributed by atoms with Gasteiger partial charge in [0, 0.05) is 25.3 Å². The summed E-state index contributed by atoms with van der Waals surface area (Å²) in [5, 5.41) is 0. The van der Waals surface area contributed by atoms with Crippen LogP contribution in [0.15, 0.2) is 48.5 Å². The largest absolute Gasteiger partial charge is 0.343 e. The van der Waals surface area contributed by atoms with E-state index >= 15 is 0 Å². The third-order valence-corrected chi connectivity index (χ3v) is 5.02. The lowest BCUT2D eigenvalue weighted by atomic mass is 9.84. The Morgan fingerprint density at radius 2 is 0.963 bits per heavy atom. The van der Waals surface area contributed by atoms with Gasteiger partial charge in [-0.05, 0) is 22.0 Å². The molecule has 0 aromatic heterocycles. The van der Waals surface area contributed by atoms with Gasteiger partial charge >= 0.3 is 0 Å². The van der Waals surface area contributed by atoms with Crippen LogP contribution < -0.4 is 0 Å². The number of benzene rings is 2. The zero-order valence-corrected chi connectivity index (χ0v) is 17.8. The highest BCUT2D eigenvalue weighted by Crippen LogP contribution is 2.33. The molecule has 0 spiro atoms. The Morgan fingerprint density at radius 3 is 1.30 bits per heavy atom. The predicted molar refractivity (Wildman–Crippen MR) is 110 cm³/mol. The average molecular weight is 369 g/mol. The van der Waals surface area contributed by atoms with Gasteiger partial charge in [0.2, 0.25) is 5.78 Å². The molecule has 2 rings (SSSR count). The van der Waals surface area contributed by atoms with Crippen LogP contribution in [0.2, 0.25) is 0 Å². The molecule has 0 N–H and O–H groups in total. The fourth-order valence-electron chi connectivity index (χ4n) is 3.14. The van der Waals surface area contributed by atoms with Gasteiger partial charge in [-0.2, -0.15) is 0 Å². The topological polar surface area (TPSA) is 35.5 Å². The summed E-state index contributed by atoms with van der Waals surface area (Å²) in [7, 11) is 3.01. The van der Waals surface area contributed by atoms with Gasteiger partial charge in [-0.1, -0.05) is 90.1 Å². The van der Waals surface area contributed by atoms with Gasteiger partial charge in [0.15, 0.2) is 0 Å². The van der Waals surface area contributed by atoms with Gasteiger partial charge in [-0.25, -0.2) is 0 Å². The van der Waals surface area contributed by atoms with Crippen molar-refractivity contribution in [1.82, 2.24) is 0 Å². The van der Waals surface area contributed by atoms with Crippen LogP contribution in [0.4, 0.5) is 0 Å². The normalized spacial score (nSPS) is 12.9. The first-order chi connectivity index (χ1) is 12.5. The van der Waals surface area contributed by atoms with E-state index in [1.54, 1.807) is 0 Å². The van der Waals surface area contributed by atoms with Gasteiger partial charge in [0.25, 0.3) is 5.79 Å². The summed E-state index contributed by atoms with van der Waals surface area (Å²) in [6, 6.07) is 15.6. The lowest BCUT2D eigenvalue weighted by molar-refractivity contribution is -0.176. The molecule has 2 aromatic rings. The quantitative estimate of drug-likeness (QED) is 0.508. The van der Waals surface area contributed by atoms with Gasteiger partial charge in [0.05, 0.1) is 0 Å². The second kappa shape index (κ2) is 7.57. The van der Waals surface area contributed by atoms with Crippen LogP contribution in [0.1, 0.15) is 68.6 Å². The summed E-state index contributed by atoms with van der Waals surface area (Å²) < 4.78 is 11.3. The van der Waals surface area contributed by atoms with E-state index in [0.717, 1.165) is 0 Å². The highest BCUT2D eigenvalue weighted by atomic mass is 16.7. The van der Waals surface area contributed by atoms with Crippen LogP contribution in [-0.4, -0.2) is 20.0 Å². The number of ether oxygens (including phenoxy) is 2. The minimum absolute atomic E-state index is 0.0317. The molecule has 27 heavy (non-hydrogen) atoms. The minimum atomic E-state index is -1.46. The summed E-state index contributed by atoms with van der Waals surface area (Å²) >= 11 is 0. The number of hydrogen-bond donors (Lipinski definition) is 0. The third-order valence-electron chi connectivity index (χ3n) is 5.02. The molecule has 146 valence electrons. The monoisotopic (exact) mass is 368 g/mol. The van der Waals surface area contributed by atoms with E-state index in [9.17, 15) is 4.79 Å². The van der Waals surface area contributed by atoms with Crippen LogP contribution in [-0.2, 0) is 26.1 Å². The maximum atomic E-state index is 13.3. The average Bonchev–Trinajstić information content (AvgIpc) is 2.62. The van der Waals surface area contributed by atoms with E-state index in [0.29, 0.717) is 11.1 Å². The van der Waals surface area contributed by atoms with Crippen molar-refractivity contribution in [2.24, 2.45) is 0 Å². The molecule has 0 saturated carbocycles. The maximum absolute atomic E-state index is 13.3. The Morgan fingerprint density at radius 1 is 0.630 bits per heavy atom. The molecule has 3 nitrogen and oxygen atoms in total. The molecule has 3 heteroatoms. The number of ketones is 1. The number of hydrogen-bond acceptors (Lipinski definition) is 3. The summed E-state index contributed by atoms with van der Waals surface area (Å²) in [5.74, 6) is -1.67. The summed E-state index contributed by atoms with van der Waals surface area (Å²) in [6.45, 7) is 12.9. The van der Waals surface area contributed by atoms with Crippen LogP contribution >= 0.6 is 0 Å². The molecule has 0 aliphatic heterocycles. The zero-order chi connectivity index (χ0) is 20.5. The highest BCUT2D eigenvalue weighted by Gasteiger charge is 2.41. The fourth-order valence-corrected chi connectivity index (χ4v) is 3.14. The number of Topliss-reactive ketones (excluding diaryl/α,β-unsaturated/α-hetero) is 1. The van der Waals surface area contributed by atoms with Crippen molar-refractivity contribution in [2.75, 3.05) is 14.2 Å². The molecule has 0 saturated heterocycles. The Balaban J connectivity index is 2.44. The van der Waals surface area contributed by atoms with Gasteiger partial charge < -0.3 is 9.47 Å². The molecule has 0 fully saturated rings. The Bertz CT molecular complexity index is 768. The van der Waals surface area contributed by atoms with Crippen molar-refractivity contribution >= 4 is 5.78 Å². The van der Waals surface area contributed by atoms with Crippen molar-refractivity contribution in [2.45, 2.75) is 58.2 Å². The molecule has 0 unspecified atom stereocenters. The first-order valence-corrected chi connectivity index (χ1v) is 9.32. The van der Waals surface area contributed by atoms with E-state index in [-0.39, 0.29) is 16.6 Å². The Hall–Kier alpha value is -1.97. The van der Waals surface area contributed by atoms with Gasteiger partial charge in [-0.15, -0.1) is 0 Å². The summed E-state index contributed by atoms with van der Waals surface area (Å²) in [6.07, 6.45) is 0. The number of carbonyl (C=O) groups is 1. The van der Waals surface area contributed by atoms with Crippen molar-refractivity contribution < 1.29 is 14.3 Å². The molecule has 0 heterocycles. The Kier molecular flexibility index (Phi) is 5.98. The maximum Gasteiger partial charge on any atom is 0.260 e. The Labute approximate surface area is 163 Å². The SMILES string of the molecule is COC(OC)(C(=O)c1ccc(C(C)(C)C)cc1)c1ccc(C(C)(C)C)cc1. The van der Waals surface area contributed by atoms with Gasteiger partial charge in [0.1, 0.15) is 0 Å². The van der Waals surface area contributed by atoms with Crippen molar-refractivity contribution in [3.8, 4) is 0 Å². The van der Waals surface area contributed by atoms with Crippen LogP contribution in [0.25, 0.3) is 0 Å². The second-order valence-electron chi connectivity index (χ2n) is 9.01. The van der Waals surface area contributed by atoms with Crippen LogP contribution in [0.5, 0.6) is 0 Å². The van der Waals surface area contributed by atoms with Crippen LogP contribution in [0.3, 0.4) is 0 Å². The minimum Gasteiger partial charge on any atom is -0.343 e. The predicted octanol–water partition coefficient (Wildman–Crippen LogP) is 5.61. The number of rotatable bonds is 5. The molecule has 2 aromatic carbocycles. The standard InChI is InChI=1S/C24H32O3/c1-22(2,3)18-11-9-17(10-12-18)21(25)24(26-7,27-8)20-15-13-19(14-16-20)23(4,5)6/h9-16H,1-8H3. The lowest BCUT2D eigenvalue weighted by Gasteiger charge is -2.30. The van der Waals surface area contributed by atoms with Crippen molar-refractivity contribution in [3.05, 3.63) is 70.8 Å². The zero-order valence-electron chi connectivity index (χ0n) is 17.8.